The zero-order valence-corrected chi connectivity index (χ0v) is 20.9. The fourth-order valence-corrected chi connectivity index (χ4v) is 3.77. The van der Waals surface area contributed by atoms with Crippen molar-refractivity contribution in [1.82, 2.24) is 20.9 Å². The third kappa shape index (κ3) is 8.48. The predicted octanol–water partition coefficient (Wildman–Crippen LogP) is -1.25. The van der Waals surface area contributed by atoms with Crippen molar-refractivity contribution in [2.24, 2.45) is 5.73 Å². The molecule has 5 unspecified atom stereocenters. The van der Waals surface area contributed by atoms with Gasteiger partial charge in [0.25, 0.3) is 0 Å². The van der Waals surface area contributed by atoms with Gasteiger partial charge in [-0.1, -0.05) is 18.2 Å². The van der Waals surface area contributed by atoms with Crippen molar-refractivity contribution in [2.45, 2.75) is 56.5 Å². The number of carbonyl (C=O) groups excluding carboxylic acids is 3. The molecule has 202 valence electrons. The van der Waals surface area contributed by atoms with Gasteiger partial charge in [0.15, 0.2) is 0 Å². The standard InChI is InChI=1S/C23H31N5O8S/c1-11(29)19(22(34)27-17(10-37)23(35)36)28-21(33)16(26-20(32)14(24)6-7-18(30)31)8-12-9-25-15-5-3-2-4-13(12)15/h2-5,9,11,14,16-17,19,25,29,37H,6-8,10,24H2,1H3,(H,26,32)(H,27,34)(H,28,33)(H,30,31)(H,35,36). The van der Waals surface area contributed by atoms with Crippen LogP contribution in [-0.2, 0) is 30.4 Å². The summed E-state index contributed by atoms with van der Waals surface area (Å²) in [5, 5.41) is 36.0. The van der Waals surface area contributed by atoms with E-state index in [1.807, 2.05) is 18.2 Å². The minimum atomic E-state index is -1.54. The summed E-state index contributed by atoms with van der Waals surface area (Å²) in [6, 6.07) is 1.86. The van der Waals surface area contributed by atoms with Crippen molar-refractivity contribution in [3.63, 3.8) is 0 Å². The molecule has 37 heavy (non-hydrogen) atoms. The average Bonchev–Trinajstić information content (AvgIpc) is 3.25. The number of H-pyrrole nitrogens is 1. The first-order valence-electron chi connectivity index (χ1n) is 11.4. The van der Waals surface area contributed by atoms with Crippen LogP contribution in [0, 0.1) is 0 Å². The molecular formula is C23H31N5O8S. The van der Waals surface area contributed by atoms with Crippen LogP contribution in [0.4, 0.5) is 0 Å². The molecule has 1 heterocycles. The van der Waals surface area contributed by atoms with Gasteiger partial charge in [-0.05, 0) is 25.0 Å². The monoisotopic (exact) mass is 537 g/mol. The van der Waals surface area contributed by atoms with E-state index in [1.165, 1.54) is 6.92 Å². The normalized spacial score (nSPS) is 15.1. The summed E-state index contributed by atoms with van der Waals surface area (Å²) in [6.45, 7) is 1.23. The number of thiol groups is 1. The van der Waals surface area contributed by atoms with Gasteiger partial charge in [-0.3, -0.25) is 19.2 Å². The van der Waals surface area contributed by atoms with E-state index < -0.39 is 59.9 Å². The molecule has 5 atom stereocenters. The Morgan fingerprint density at radius 2 is 1.65 bits per heavy atom. The lowest BCUT2D eigenvalue weighted by Crippen LogP contribution is -2.60. The van der Waals surface area contributed by atoms with E-state index in [0.717, 1.165) is 10.9 Å². The van der Waals surface area contributed by atoms with Crippen molar-refractivity contribution >= 4 is 53.2 Å². The van der Waals surface area contributed by atoms with Crippen molar-refractivity contribution in [3.05, 3.63) is 36.0 Å². The van der Waals surface area contributed by atoms with E-state index in [9.17, 15) is 29.1 Å². The molecular weight excluding hydrogens is 506 g/mol. The molecule has 14 heteroatoms. The highest BCUT2D eigenvalue weighted by Crippen LogP contribution is 2.19. The zero-order chi connectivity index (χ0) is 27.7. The lowest BCUT2D eigenvalue weighted by atomic mass is 10.0. The number of carbonyl (C=O) groups is 5. The summed E-state index contributed by atoms with van der Waals surface area (Å²) in [6.07, 6.45) is -0.309. The van der Waals surface area contributed by atoms with E-state index in [1.54, 1.807) is 12.3 Å². The molecule has 0 radical (unpaired) electrons. The molecule has 2 rings (SSSR count). The topological polar surface area (TPSA) is 224 Å². The van der Waals surface area contributed by atoms with Gasteiger partial charge in [0.1, 0.15) is 18.1 Å². The Kier molecular flexibility index (Phi) is 10.9. The maximum atomic E-state index is 13.2. The molecule has 0 saturated heterocycles. The van der Waals surface area contributed by atoms with Crippen LogP contribution in [0.25, 0.3) is 10.9 Å². The molecule has 2 aromatic rings. The molecule has 0 aliphatic heterocycles. The van der Waals surface area contributed by atoms with E-state index in [0.29, 0.717) is 5.56 Å². The lowest BCUT2D eigenvalue weighted by molar-refractivity contribution is -0.142. The molecule has 0 spiro atoms. The molecule has 13 nitrogen and oxygen atoms in total. The number of nitrogens with one attached hydrogen (secondary N) is 4. The number of para-hydroxylation sites is 1. The smallest absolute Gasteiger partial charge is 0.327 e. The number of aromatic amines is 1. The first kappa shape index (κ1) is 29.6. The third-order valence-electron chi connectivity index (χ3n) is 5.60. The molecule has 0 fully saturated rings. The van der Waals surface area contributed by atoms with Crippen molar-refractivity contribution < 1.29 is 39.3 Å². The Balaban J connectivity index is 2.27. The van der Waals surface area contributed by atoms with Crippen molar-refractivity contribution in [1.29, 1.82) is 0 Å². The van der Waals surface area contributed by atoms with E-state index in [4.69, 9.17) is 15.9 Å². The molecule has 3 amide bonds. The number of rotatable bonds is 14. The Morgan fingerprint density at radius 3 is 2.24 bits per heavy atom. The van der Waals surface area contributed by atoms with Crippen LogP contribution >= 0.6 is 12.6 Å². The fourth-order valence-electron chi connectivity index (χ4n) is 3.52. The first-order chi connectivity index (χ1) is 17.4. The predicted molar refractivity (Wildman–Crippen MR) is 136 cm³/mol. The Labute approximate surface area is 217 Å². The summed E-state index contributed by atoms with van der Waals surface area (Å²) >= 11 is 3.87. The number of nitrogens with two attached hydrogens (primary N) is 1. The molecule has 0 aliphatic rings. The van der Waals surface area contributed by atoms with Gasteiger partial charge >= 0.3 is 11.9 Å². The van der Waals surface area contributed by atoms with Crippen LogP contribution in [0.1, 0.15) is 25.3 Å². The number of fused-ring (bicyclic) bond motifs is 1. The quantitative estimate of drug-likeness (QED) is 0.131. The summed E-state index contributed by atoms with van der Waals surface area (Å²) < 4.78 is 0. The van der Waals surface area contributed by atoms with Crippen LogP contribution < -0.4 is 21.7 Å². The van der Waals surface area contributed by atoms with E-state index in [2.05, 4.69) is 33.6 Å². The number of carboxylic acid groups (broad SMARTS) is 2. The van der Waals surface area contributed by atoms with Crippen LogP contribution in [0.2, 0.25) is 0 Å². The highest BCUT2D eigenvalue weighted by atomic mass is 32.1. The highest BCUT2D eigenvalue weighted by molar-refractivity contribution is 7.80. The van der Waals surface area contributed by atoms with Gasteiger partial charge in [0.2, 0.25) is 17.7 Å². The number of aliphatic hydroxyl groups is 1. The van der Waals surface area contributed by atoms with Crippen molar-refractivity contribution in [2.75, 3.05) is 5.75 Å². The maximum absolute atomic E-state index is 13.2. The van der Waals surface area contributed by atoms with Crippen LogP contribution in [0.5, 0.6) is 0 Å². The molecule has 1 aromatic carbocycles. The molecule has 0 saturated carbocycles. The third-order valence-corrected chi connectivity index (χ3v) is 5.96. The zero-order valence-electron chi connectivity index (χ0n) is 20.0. The second-order valence-electron chi connectivity index (χ2n) is 8.47. The number of hydrogen-bond acceptors (Lipinski definition) is 8. The number of aromatic nitrogens is 1. The van der Waals surface area contributed by atoms with Crippen molar-refractivity contribution in [3.8, 4) is 0 Å². The maximum Gasteiger partial charge on any atom is 0.327 e. The molecule has 0 aliphatic carbocycles. The van der Waals surface area contributed by atoms with Gasteiger partial charge < -0.3 is 42.0 Å². The Hall–Kier alpha value is -3.62. The summed E-state index contributed by atoms with van der Waals surface area (Å²) in [7, 11) is 0. The lowest BCUT2D eigenvalue weighted by Gasteiger charge is -2.26. The molecule has 1 aromatic heterocycles. The van der Waals surface area contributed by atoms with Gasteiger partial charge in [0, 0.05) is 35.7 Å². The number of carboxylic acids is 2. The minimum absolute atomic E-state index is 0.0320. The summed E-state index contributed by atoms with van der Waals surface area (Å²) in [4.78, 5) is 63.7. The largest absolute Gasteiger partial charge is 0.481 e. The van der Waals surface area contributed by atoms with E-state index in [-0.39, 0.29) is 25.0 Å². The number of aliphatic carboxylic acids is 2. The Morgan fingerprint density at radius 1 is 1.00 bits per heavy atom. The SMILES string of the molecule is CC(O)C(NC(=O)C(Cc1c[nH]c2ccccc12)NC(=O)C(N)CCC(=O)O)C(=O)NC(CS)C(=O)O. The van der Waals surface area contributed by atoms with Crippen LogP contribution in [0.15, 0.2) is 30.5 Å². The number of benzene rings is 1. The first-order valence-corrected chi connectivity index (χ1v) is 12.0. The fraction of sp³-hybridized carbons (Fsp3) is 0.435. The Bertz CT molecular complexity index is 1140. The van der Waals surface area contributed by atoms with Gasteiger partial charge in [-0.25, -0.2) is 4.79 Å². The van der Waals surface area contributed by atoms with Gasteiger partial charge in [0.05, 0.1) is 12.1 Å². The van der Waals surface area contributed by atoms with Gasteiger partial charge in [-0.2, -0.15) is 12.6 Å². The van der Waals surface area contributed by atoms with Crippen LogP contribution in [-0.4, -0.2) is 86.0 Å². The molecule has 9 N–H and O–H groups in total. The minimum Gasteiger partial charge on any atom is -0.481 e. The van der Waals surface area contributed by atoms with Gasteiger partial charge in [-0.15, -0.1) is 0 Å². The second-order valence-corrected chi connectivity index (χ2v) is 8.84. The second kappa shape index (κ2) is 13.6. The average molecular weight is 538 g/mol. The molecule has 0 bridgehead atoms. The van der Waals surface area contributed by atoms with E-state index >= 15 is 0 Å². The highest BCUT2D eigenvalue weighted by Gasteiger charge is 2.33. The summed E-state index contributed by atoms with van der Waals surface area (Å²) in [5.74, 6) is -5.29. The number of hydrogen-bond donors (Lipinski definition) is 9. The number of aliphatic hydroxyl groups excluding tert-OH is 1. The summed E-state index contributed by atoms with van der Waals surface area (Å²) in [5.41, 5.74) is 7.24. The number of amides is 3. The van der Waals surface area contributed by atoms with Crippen LogP contribution in [0.3, 0.4) is 0 Å².